The zero-order valence-corrected chi connectivity index (χ0v) is 8.70. The van der Waals surface area contributed by atoms with Gasteiger partial charge < -0.3 is 4.57 Å². The van der Waals surface area contributed by atoms with E-state index in [1.807, 2.05) is 26.0 Å². The lowest BCUT2D eigenvalue weighted by molar-refractivity contribution is 0.112. The highest BCUT2D eigenvalue weighted by atomic mass is 19.1. The van der Waals surface area contributed by atoms with Gasteiger partial charge >= 0.3 is 0 Å². The van der Waals surface area contributed by atoms with Crippen molar-refractivity contribution < 1.29 is 9.18 Å². The van der Waals surface area contributed by atoms with Gasteiger partial charge in [-0.2, -0.15) is 4.39 Å². The van der Waals surface area contributed by atoms with Crippen LogP contribution in [0.1, 0.15) is 30.2 Å². The van der Waals surface area contributed by atoms with Gasteiger partial charge in [-0.3, -0.25) is 4.79 Å². The molecule has 0 aliphatic carbocycles. The molecule has 0 saturated carbocycles. The molecule has 0 N–H and O–H groups in total. The Kier molecular flexibility index (Phi) is 2.31. The molecule has 1 aromatic heterocycles. The van der Waals surface area contributed by atoms with Crippen LogP contribution in [0.2, 0.25) is 0 Å². The van der Waals surface area contributed by atoms with Crippen molar-refractivity contribution in [2.24, 2.45) is 0 Å². The van der Waals surface area contributed by atoms with Crippen LogP contribution in [-0.4, -0.2) is 10.9 Å². The highest BCUT2D eigenvalue weighted by molar-refractivity contribution is 5.98. The van der Waals surface area contributed by atoms with Gasteiger partial charge in [0.15, 0.2) is 6.29 Å². The van der Waals surface area contributed by atoms with E-state index < -0.39 is 5.95 Å². The van der Waals surface area contributed by atoms with Crippen molar-refractivity contribution in [2.75, 3.05) is 0 Å². The van der Waals surface area contributed by atoms with Crippen LogP contribution < -0.4 is 0 Å². The van der Waals surface area contributed by atoms with Crippen LogP contribution in [0.25, 0.3) is 10.9 Å². The summed E-state index contributed by atoms with van der Waals surface area (Å²) in [6.45, 7) is 3.79. The molecule has 0 amide bonds. The van der Waals surface area contributed by atoms with E-state index in [0.29, 0.717) is 11.7 Å². The Morgan fingerprint density at radius 1 is 1.33 bits per heavy atom. The molecule has 0 bridgehead atoms. The number of carbonyl (C=O) groups is 1. The molecule has 0 atom stereocenters. The quantitative estimate of drug-likeness (QED) is 0.690. The van der Waals surface area contributed by atoms with Crippen LogP contribution in [0.15, 0.2) is 24.3 Å². The molecule has 0 saturated heterocycles. The van der Waals surface area contributed by atoms with E-state index in [0.717, 1.165) is 5.52 Å². The average Bonchev–Trinajstić information content (AvgIpc) is 2.49. The summed E-state index contributed by atoms with van der Waals surface area (Å²) in [5.74, 6) is -0.443. The van der Waals surface area contributed by atoms with Crippen molar-refractivity contribution >= 4 is 17.2 Å². The molecule has 15 heavy (non-hydrogen) atoms. The van der Waals surface area contributed by atoms with E-state index in [9.17, 15) is 9.18 Å². The molecular formula is C12H12FNO. The van der Waals surface area contributed by atoms with Gasteiger partial charge in [0.1, 0.15) is 0 Å². The minimum Gasteiger partial charge on any atom is -0.315 e. The molecule has 0 aliphatic heterocycles. The summed E-state index contributed by atoms with van der Waals surface area (Å²) in [4.78, 5) is 10.8. The first-order chi connectivity index (χ1) is 7.16. The second-order valence-electron chi connectivity index (χ2n) is 3.80. The number of aldehydes is 1. The summed E-state index contributed by atoms with van der Waals surface area (Å²) >= 11 is 0. The summed E-state index contributed by atoms with van der Waals surface area (Å²) in [5.41, 5.74) is 0.923. The van der Waals surface area contributed by atoms with E-state index in [-0.39, 0.29) is 11.6 Å². The largest absolute Gasteiger partial charge is 0.315 e. The van der Waals surface area contributed by atoms with Gasteiger partial charge in [0.2, 0.25) is 5.95 Å². The Morgan fingerprint density at radius 2 is 2.00 bits per heavy atom. The van der Waals surface area contributed by atoms with Crippen LogP contribution in [0.5, 0.6) is 0 Å². The fourth-order valence-corrected chi connectivity index (χ4v) is 1.88. The third-order valence-corrected chi connectivity index (χ3v) is 2.52. The minimum absolute atomic E-state index is 0.00333. The molecule has 0 aliphatic rings. The molecule has 3 heteroatoms. The van der Waals surface area contributed by atoms with E-state index in [1.165, 1.54) is 0 Å². The van der Waals surface area contributed by atoms with Gasteiger partial charge in [-0.25, -0.2) is 0 Å². The first kappa shape index (κ1) is 9.90. The number of fused-ring (bicyclic) bond motifs is 1. The average molecular weight is 205 g/mol. The molecule has 0 fully saturated rings. The predicted molar refractivity (Wildman–Crippen MR) is 57.7 cm³/mol. The van der Waals surface area contributed by atoms with Crippen molar-refractivity contribution in [3.05, 3.63) is 35.8 Å². The first-order valence-electron chi connectivity index (χ1n) is 4.90. The number of para-hydroxylation sites is 1. The van der Waals surface area contributed by atoms with E-state index in [2.05, 4.69) is 0 Å². The summed E-state index contributed by atoms with van der Waals surface area (Å²) in [6.07, 6.45) is 0.580. The third kappa shape index (κ3) is 1.35. The number of halogens is 1. The van der Waals surface area contributed by atoms with Gasteiger partial charge in [-0.05, 0) is 19.9 Å². The summed E-state index contributed by atoms with van der Waals surface area (Å²) in [5, 5.41) is 0.679. The van der Waals surface area contributed by atoms with E-state index in [4.69, 9.17) is 0 Å². The Bertz CT molecular complexity index is 514. The zero-order chi connectivity index (χ0) is 11.0. The highest BCUT2D eigenvalue weighted by Crippen LogP contribution is 2.26. The smallest absolute Gasteiger partial charge is 0.205 e. The number of carbonyl (C=O) groups excluding carboxylic acids is 1. The Balaban J connectivity index is 2.90. The van der Waals surface area contributed by atoms with Crippen LogP contribution in [0.3, 0.4) is 0 Å². The molecule has 78 valence electrons. The molecule has 2 rings (SSSR count). The highest BCUT2D eigenvalue weighted by Gasteiger charge is 2.17. The SMILES string of the molecule is CC(C)n1c(F)c(C=O)c2ccccc21. The lowest BCUT2D eigenvalue weighted by Crippen LogP contribution is -2.03. The van der Waals surface area contributed by atoms with Crippen molar-refractivity contribution in [1.29, 1.82) is 0 Å². The number of rotatable bonds is 2. The Morgan fingerprint density at radius 3 is 2.60 bits per heavy atom. The van der Waals surface area contributed by atoms with Crippen molar-refractivity contribution in [2.45, 2.75) is 19.9 Å². The maximum atomic E-state index is 13.9. The lowest BCUT2D eigenvalue weighted by atomic mass is 10.2. The molecule has 2 nitrogen and oxygen atoms in total. The second kappa shape index (κ2) is 3.50. The Labute approximate surface area is 87.3 Å². The number of nitrogens with zero attached hydrogens (tertiary/aromatic N) is 1. The minimum atomic E-state index is -0.443. The van der Waals surface area contributed by atoms with Gasteiger partial charge in [0.25, 0.3) is 0 Å². The van der Waals surface area contributed by atoms with E-state index in [1.54, 1.807) is 16.7 Å². The van der Waals surface area contributed by atoms with Crippen molar-refractivity contribution in [3.63, 3.8) is 0 Å². The summed E-state index contributed by atoms with van der Waals surface area (Å²) in [6, 6.07) is 7.24. The van der Waals surface area contributed by atoms with Gasteiger partial charge in [0, 0.05) is 11.4 Å². The van der Waals surface area contributed by atoms with Crippen LogP contribution >= 0.6 is 0 Å². The first-order valence-corrected chi connectivity index (χ1v) is 4.90. The Hall–Kier alpha value is -1.64. The summed E-state index contributed by atoms with van der Waals surface area (Å²) < 4.78 is 15.4. The molecule has 0 unspecified atom stereocenters. The molecule has 0 radical (unpaired) electrons. The molecule has 0 spiro atoms. The van der Waals surface area contributed by atoms with Crippen molar-refractivity contribution in [3.8, 4) is 0 Å². The molecule has 1 heterocycles. The maximum Gasteiger partial charge on any atom is 0.205 e. The topological polar surface area (TPSA) is 22.0 Å². The number of hydrogen-bond donors (Lipinski definition) is 0. The molecular weight excluding hydrogens is 193 g/mol. The van der Waals surface area contributed by atoms with Gasteiger partial charge in [-0.15, -0.1) is 0 Å². The van der Waals surface area contributed by atoms with Gasteiger partial charge in [-0.1, -0.05) is 18.2 Å². The molecule has 2 aromatic rings. The zero-order valence-electron chi connectivity index (χ0n) is 8.70. The maximum absolute atomic E-state index is 13.9. The van der Waals surface area contributed by atoms with Crippen LogP contribution in [0.4, 0.5) is 4.39 Å². The van der Waals surface area contributed by atoms with E-state index >= 15 is 0 Å². The number of aromatic nitrogens is 1. The standard InChI is InChI=1S/C12H12FNO/c1-8(2)14-11-6-4-3-5-9(11)10(7-15)12(14)13/h3-8H,1-2H3. The second-order valence-corrected chi connectivity index (χ2v) is 3.80. The lowest BCUT2D eigenvalue weighted by Gasteiger charge is -2.09. The normalized spacial score (nSPS) is 11.2. The van der Waals surface area contributed by atoms with Crippen LogP contribution in [-0.2, 0) is 0 Å². The fourth-order valence-electron chi connectivity index (χ4n) is 1.88. The predicted octanol–water partition coefficient (Wildman–Crippen LogP) is 3.17. The summed E-state index contributed by atoms with van der Waals surface area (Å²) in [7, 11) is 0. The molecule has 1 aromatic carbocycles. The van der Waals surface area contributed by atoms with Gasteiger partial charge in [0.05, 0.1) is 11.1 Å². The number of benzene rings is 1. The van der Waals surface area contributed by atoms with Crippen LogP contribution in [0, 0.1) is 5.95 Å². The fraction of sp³-hybridized carbons (Fsp3) is 0.250. The monoisotopic (exact) mass is 205 g/mol. The number of hydrogen-bond acceptors (Lipinski definition) is 1. The third-order valence-electron chi connectivity index (χ3n) is 2.52. The van der Waals surface area contributed by atoms with Crippen molar-refractivity contribution in [1.82, 2.24) is 4.57 Å².